The SMILES string of the molecule is CC(C)c1cc(C(C)C)cc([Si](c2cc(C(C)C)cc(C(C)C)c2)(c2cc(C(C)C)cc(C(C)C)c2)C2C=CC(c3ccccc3)=C2)c1. The predicted molar refractivity (Wildman–Crippen MR) is 216 cm³/mol. The van der Waals surface area contributed by atoms with Gasteiger partial charge in [-0.25, -0.2) is 0 Å². The molecule has 1 aliphatic carbocycles. The van der Waals surface area contributed by atoms with Crippen molar-refractivity contribution in [2.75, 3.05) is 0 Å². The Kier molecular flexibility index (Phi) is 10.9. The molecule has 4 aromatic carbocycles. The first-order valence-corrected chi connectivity index (χ1v) is 20.7. The van der Waals surface area contributed by atoms with E-state index >= 15 is 0 Å². The molecule has 1 unspecified atom stereocenters. The van der Waals surface area contributed by atoms with E-state index in [1.807, 2.05) is 0 Å². The monoisotopic (exact) mass is 652 g/mol. The highest BCUT2D eigenvalue weighted by Gasteiger charge is 2.47. The van der Waals surface area contributed by atoms with Gasteiger partial charge in [0.25, 0.3) is 0 Å². The quantitative estimate of drug-likeness (QED) is 0.112. The minimum absolute atomic E-state index is 0.264. The van der Waals surface area contributed by atoms with Crippen LogP contribution in [0.5, 0.6) is 0 Å². The Bertz CT molecular complexity index is 1550. The molecule has 5 rings (SSSR count). The van der Waals surface area contributed by atoms with Gasteiger partial charge in [-0.05, 0) is 95.6 Å². The average molecular weight is 653 g/mol. The number of hydrogen-bond acceptors (Lipinski definition) is 0. The van der Waals surface area contributed by atoms with Crippen LogP contribution in [-0.2, 0) is 0 Å². The molecule has 0 aromatic heterocycles. The van der Waals surface area contributed by atoms with Crippen molar-refractivity contribution in [3.63, 3.8) is 0 Å². The highest BCUT2D eigenvalue weighted by Crippen LogP contribution is 2.38. The van der Waals surface area contributed by atoms with Crippen molar-refractivity contribution >= 4 is 29.2 Å². The smallest absolute Gasteiger partial charge is 0.0787 e. The first kappa shape index (κ1) is 35.9. The minimum atomic E-state index is -2.79. The van der Waals surface area contributed by atoms with Crippen molar-refractivity contribution in [1.82, 2.24) is 0 Å². The summed E-state index contributed by atoms with van der Waals surface area (Å²) in [6.07, 6.45) is 7.62. The van der Waals surface area contributed by atoms with E-state index in [1.54, 1.807) is 15.6 Å². The van der Waals surface area contributed by atoms with Crippen LogP contribution >= 0.6 is 0 Å². The Balaban J connectivity index is 2.02. The average Bonchev–Trinajstić information content (AvgIpc) is 3.55. The number of hydrogen-bond donors (Lipinski definition) is 0. The predicted octanol–water partition coefficient (Wildman–Crippen LogP) is 11.9. The summed E-state index contributed by atoms with van der Waals surface area (Å²) in [4.78, 5) is 0. The summed E-state index contributed by atoms with van der Waals surface area (Å²) in [6, 6.07) is 34.2. The molecule has 0 nitrogen and oxygen atoms in total. The van der Waals surface area contributed by atoms with E-state index in [1.165, 1.54) is 44.5 Å². The molecule has 0 heterocycles. The van der Waals surface area contributed by atoms with E-state index in [-0.39, 0.29) is 5.54 Å². The molecular formula is C47H60Si. The zero-order valence-corrected chi connectivity index (χ0v) is 32.9. The van der Waals surface area contributed by atoms with Gasteiger partial charge in [0.2, 0.25) is 0 Å². The summed E-state index contributed by atoms with van der Waals surface area (Å²) in [7, 11) is -2.79. The van der Waals surface area contributed by atoms with Crippen LogP contribution in [0.3, 0.4) is 0 Å². The third-order valence-corrected chi connectivity index (χ3v) is 15.7. The zero-order chi connectivity index (χ0) is 34.9. The van der Waals surface area contributed by atoms with E-state index in [2.05, 4.69) is 186 Å². The lowest BCUT2D eigenvalue weighted by molar-refractivity contribution is 0.834. The van der Waals surface area contributed by atoms with Gasteiger partial charge < -0.3 is 0 Å². The highest BCUT2D eigenvalue weighted by molar-refractivity contribution is 7.13. The van der Waals surface area contributed by atoms with E-state index in [0.717, 1.165) is 0 Å². The zero-order valence-electron chi connectivity index (χ0n) is 31.9. The van der Waals surface area contributed by atoms with Crippen molar-refractivity contribution in [2.24, 2.45) is 0 Å². The fraction of sp³-hybridized carbons (Fsp3) is 0.404. The van der Waals surface area contributed by atoms with Gasteiger partial charge in [-0.15, -0.1) is 0 Å². The topological polar surface area (TPSA) is 0 Å². The molecule has 0 bridgehead atoms. The van der Waals surface area contributed by atoms with Gasteiger partial charge in [0.05, 0.1) is 0 Å². The molecule has 1 aliphatic rings. The van der Waals surface area contributed by atoms with Crippen molar-refractivity contribution in [2.45, 2.75) is 124 Å². The molecule has 0 aliphatic heterocycles. The Hall–Kier alpha value is -3.42. The van der Waals surface area contributed by atoms with E-state index in [9.17, 15) is 0 Å². The minimum Gasteiger partial charge on any atom is -0.0787 e. The number of rotatable bonds is 11. The van der Waals surface area contributed by atoms with Crippen molar-refractivity contribution in [3.05, 3.63) is 142 Å². The van der Waals surface area contributed by atoms with Crippen molar-refractivity contribution in [1.29, 1.82) is 0 Å². The van der Waals surface area contributed by atoms with Gasteiger partial charge in [0.1, 0.15) is 0 Å². The molecule has 0 saturated carbocycles. The van der Waals surface area contributed by atoms with E-state index < -0.39 is 8.07 Å². The fourth-order valence-electron chi connectivity index (χ4n) is 7.39. The lowest BCUT2D eigenvalue weighted by Gasteiger charge is -2.40. The van der Waals surface area contributed by atoms with Crippen LogP contribution in [-0.4, -0.2) is 8.07 Å². The Labute approximate surface area is 294 Å². The Morgan fingerprint density at radius 2 is 0.729 bits per heavy atom. The molecule has 0 spiro atoms. The van der Waals surface area contributed by atoms with Crippen LogP contribution in [0, 0.1) is 0 Å². The molecule has 0 radical (unpaired) electrons. The largest absolute Gasteiger partial charge is 0.158 e. The summed E-state index contributed by atoms with van der Waals surface area (Å²) in [6.45, 7) is 28.4. The second kappa shape index (κ2) is 14.6. The van der Waals surface area contributed by atoms with E-state index in [4.69, 9.17) is 0 Å². The first-order chi connectivity index (χ1) is 22.7. The van der Waals surface area contributed by atoms with Crippen LogP contribution in [0.25, 0.3) is 5.57 Å². The van der Waals surface area contributed by atoms with Crippen molar-refractivity contribution < 1.29 is 0 Å². The van der Waals surface area contributed by atoms with E-state index in [0.29, 0.717) is 35.5 Å². The Morgan fingerprint density at radius 1 is 0.417 bits per heavy atom. The highest BCUT2D eigenvalue weighted by atomic mass is 28.3. The molecule has 4 aromatic rings. The molecule has 0 amide bonds. The molecule has 1 heteroatoms. The van der Waals surface area contributed by atoms with Gasteiger partial charge in [0.15, 0.2) is 8.07 Å². The molecule has 0 fully saturated rings. The summed E-state index contributed by atoms with van der Waals surface area (Å²) < 4.78 is 0. The molecule has 48 heavy (non-hydrogen) atoms. The standard InChI is InChI=1S/C47H60Si/c1-30(2)38-20-39(31(3)4)25-45(24-38)48(44-19-18-37(23-44)36-16-14-13-15-17-36,46-26-40(32(5)6)21-41(27-46)33(7)8)47-28-42(34(9)10)22-43(29-47)35(11)12/h13-35,44H,1-12H3. The molecule has 1 atom stereocenters. The summed E-state index contributed by atoms with van der Waals surface area (Å²) in [5.41, 5.74) is 11.6. The van der Waals surface area contributed by atoms with Crippen LogP contribution < -0.4 is 15.6 Å². The molecule has 252 valence electrons. The maximum Gasteiger partial charge on any atom is 0.158 e. The van der Waals surface area contributed by atoms with Gasteiger partial charge in [-0.3, -0.25) is 0 Å². The molecular weight excluding hydrogens is 593 g/mol. The van der Waals surface area contributed by atoms with Gasteiger partial charge in [-0.2, -0.15) is 0 Å². The third-order valence-electron chi connectivity index (χ3n) is 10.7. The van der Waals surface area contributed by atoms with Crippen LogP contribution in [0.4, 0.5) is 0 Å². The van der Waals surface area contributed by atoms with Gasteiger partial charge in [0, 0.05) is 5.54 Å². The summed E-state index contributed by atoms with van der Waals surface area (Å²) in [5, 5.41) is 4.64. The van der Waals surface area contributed by atoms with Crippen LogP contribution in [0.1, 0.15) is 158 Å². The van der Waals surface area contributed by atoms with Crippen LogP contribution in [0.15, 0.2) is 103 Å². The lowest BCUT2D eigenvalue weighted by Crippen LogP contribution is -2.69. The van der Waals surface area contributed by atoms with Gasteiger partial charge >= 0.3 is 0 Å². The summed E-state index contributed by atoms with van der Waals surface area (Å²) >= 11 is 0. The summed E-state index contributed by atoms with van der Waals surface area (Å²) in [5.74, 6) is 2.70. The second-order valence-electron chi connectivity index (χ2n) is 16.3. The molecule has 0 saturated heterocycles. The number of allylic oxidation sites excluding steroid dienone is 4. The number of benzene rings is 4. The Morgan fingerprint density at radius 3 is 1.02 bits per heavy atom. The van der Waals surface area contributed by atoms with Gasteiger partial charge in [-0.1, -0.05) is 186 Å². The maximum absolute atomic E-state index is 2.79. The second-order valence-corrected chi connectivity index (χ2v) is 20.3. The first-order valence-electron chi connectivity index (χ1n) is 18.6. The fourth-order valence-corrected chi connectivity index (χ4v) is 12.7. The van der Waals surface area contributed by atoms with Crippen LogP contribution in [0.2, 0.25) is 5.54 Å². The lowest BCUT2D eigenvalue weighted by atomic mass is 9.95. The normalized spacial score (nSPS) is 15.2. The third kappa shape index (κ3) is 7.13. The molecule has 0 N–H and O–H groups in total. The maximum atomic E-state index is 2.63. The van der Waals surface area contributed by atoms with Crippen molar-refractivity contribution in [3.8, 4) is 0 Å².